The highest BCUT2D eigenvalue weighted by molar-refractivity contribution is 6.32. The predicted octanol–water partition coefficient (Wildman–Crippen LogP) is 5.51. The van der Waals surface area contributed by atoms with Crippen LogP contribution in [0.3, 0.4) is 0 Å². The Kier molecular flexibility index (Phi) is 6.35. The first-order chi connectivity index (χ1) is 14.6. The number of pyridine rings is 1. The molecule has 1 saturated carbocycles. The molecular weight excluding hydrogens is 400 g/mol. The summed E-state index contributed by atoms with van der Waals surface area (Å²) in [7, 11) is 1.62. The number of ether oxygens (including phenoxy) is 2. The van der Waals surface area contributed by atoms with Crippen LogP contribution in [0.15, 0.2) is 46.4 Å². The molecule has 0 N–H and O–H groups in total. The molecule has 1 fully saturated rings. The normalized spacial score (nSPS) is 24.4. The summed E-state index contributed by atoms with van der Waals surface area (Å²) >= 11 is 6.54. The average Bonchev–Trinajstić information content (AvgIpc) is 3.04. The zero-order valence-electron chi connectivity index (χ0n) is 17.5. The van der Waals surface area contributed by atoms with E-state index in [9.17, 15) is 0 Å². The van der Waals surface area contributed by atoms with E-state index in [1.165, 1.54) is 25.7 Å². The Bertz CT molecular complexity index is 941. The molecule has 0 radical (unpaired) electrons. The summed E-state index contributed by atoms with van der Waals surface area (Å²) < 4.78 is 12.1. The van der Waals surface area contributed by atoms with Crippen LogP contribution >= 0.6 is 11.6 Å². The van der Waals surface area contributed by atoms with Gasteiger partial charge in [0.2, 0.25) is 12.2 Å². The van der Waals surface area contributed by atoms with Crippen LogP contribution < -0.4 is 14.0 Å². The molecule has 0 saturated heterocycles. The van der Waals surface area contributed by atoms with Crippen molar-refractivity contribution < 1.29 is 9.47 Å². The fourth-order valence-electron chi connectivity index (χ4n) is 4.47. The second-order valence-electron chi connectivity index (χ2n) is 7.89. The van der Waals surface area contributed by atoms with Gasteiger partial charge in [0.1, 0.15) is 23.8 Å². The number of quaternary nitrogens is 1. The fourth-order valence-corrected chi connectivity index (χ4v) is 4.73. The van der Waals surface area contributed by atoms with Crippen LogP contribution in [0.25, 0.3) is 0 Å². The summed E-state index contributed by atoms with van der Waals surface area (Å²) in [6.07, 6.45) is 10.0. The van der Waals surface area contributed by atoms with Crippen molar-refractivity contribution in [3.8, 4) is 11.6 Å². The smallest absolute Gasteiger partial charge is 0.349 e. The van der Waals surface area contributed by atoms with Gasteiger partial charge < -0.3 is 9.47 Å². The highest BCUT2D eigenvalue weighted by atomic mass is 35.5. The van der Waals surface area contributed by atoms with E-state index in [0.29, 0.717) is 21.1 Å². The van der Waals surface area contributed by atoms with Crippen molar-refractivity contribution in [3.63, 3.8) is 0 Å². The van der Waals surface area contributed by atoms with E-state index in [-0.39, 0.29) is 6.04 Å². The SMILES string of the molecule is COc1ccc([N+]2(C3CCCCCC3)C=NC=NC2Oc2cccc(C)n2)cc1Cl. The van der Waals surface area contributed by atoms with Gasteiger partial charge in [0, 0.05) is 36.7 Å². The summed E-state index contributed by atoms with van der Waals surface area (Å²) in [5, 5.41) is 0.566. The number of aliphatic imine (C=N–C) groups is 2. The van der Waals surface area contributed by atoms with Crippen LogP contribution in [0.1, 0.15) is 44.2 Å². The predicted molar refractivity (Wildman–Crippen MR) is 122 cm³/mol. The van der Waals surface area contributed by atoms with Crippen molar-refractivity contribution >= 4 is 30.0 Å². The van der Waals surface area contributed by atoms with Crippen LogP contribution in [-0.4, -0.2) is 37.2 Å². The minimum Gasteiger partial charge on any atom is -0.495 e. The van der Waals surface area contributed by atoms with Crippen LogP contribution in [0.5, 0.6) is 11.6 Å². The van der Waals surface area contributed by atoms with E-state index >= 15 is 0 Å². The van der Waals surface area contributed by atoms with E-state index in [4.69, 9.17) is 21.1 Å². The number of methoxy groups -OCH3 is 1. The molecule has 30 heavy (non-hydrogen) atoms. The second kappa shape index (κ2) is 9.14. The molecule has 2 unspecified atom stereocenters. The number of aryl methyl sites for hydroxylation is 1. The van der Waals surface area contributed by atoms with Gasteiger partial charge in [-0.3, -0.25) is 0 Å². The third-order valence-corrected chi connectivity index (χ3v) is 6.28. The van der Waals surface area contributed by atoms with E-state index in [1.54, 1.807) is 13.4 Å². The van der Waals surface area contributed by atoms with E-state index in [2.05, 4.69) is 15.0 Å². The molecule has 2 aliphatic rings. The van der Waals surface area contributed by atoms with Crippen molar-refractivity contribution in [2.75, 3.05) is 7.11 Å². The minimum atomic E-state index is -0.524. The van der Waals surface area contributed by atoms with Gasteiger partial charge in [-0.25, -0.2) is 4.98 Å². The molecule has 0 bridgehead atoms. The summed E-state index contributed by atoms with van der Waals surface area (Å²) in [5.74, 6) is 1.21. The highest BCUT2D eigenvalue weighted by Gasteiger charge is 2.48. The van der Waals surface area contributed by atoms with Crippen molar-refractivity contribution in [3.05, 3.63) is 47.1 Å². The number of rotatable bonds is 5. The summed E-state index contributed by atoms with van der Waals surface area (Å²) in [4.78, 5) is 13.7. The summed E-state index contributed by atoms with van der Waals surface area (Å²) in [6.45, 7) is 1.95. The van der Waals surface area contributed by atoms with Crippen LogP contribution in [0.2, 0.25) is 5.02 Å². The number of nitrogens with zero attached hydrogens (tertiary/aromatic N) is 4. The maximum atomic E-state index is 6.54. The van der Waals surface area contributed by atoms with E-state index in [0.717, 1.165) is 24.2 Å². The summed E-state index contributed by atoms with van der Waals surface area (Å²) in [6, 6.07) is 12.0. The molecule has 158 valence electrons. The van der Waals surface area contributed by atoms with Gasteiger partial charge in [0.05, 0.1) is 12.1 Å². The lowest BCUT2D eigenvalue weighted by Crippen LogP contribution is -2.64. The Morgan fingerprint density at radius 2 is 1.87 bits per heavy atom. The third kappa shape index (κ3) is 4.07. The molecule has 1 aliphatic heterocycles. The standard InChI is InChI=1S/C23H28ClN4O2/c1-17-8-7-11-22(27-17)30-23-26-15-25-16-28(23,18-9-5-3-4-6-10-18)19-12-13-21(29-2)20(24)14-19/h7-8,11-16,18,23H,3-6,9-10H2,1-2H3/q+1. The van der Waals surface area contributed by atoms with E-state index < -0.39 is 6.35 Å². The third-order valence-electron chi connectivity index (χ3n) is 5.98. The second-order valence-corrected chi connectivity index (χ2v) is 8.30. The molecule has 4 rings (SSSR count). The molecule has 1 aromatic carbocycles. The van der Waals surface area contributed by atoms with Crippen LogP contribution in [0, 0.1) is 6.92 Å². The Labute approximate surface area is 182 Å². The number of hydrogen-bond acceptors (Lipinski definition) is 5. The summed E-state index contributed by atoms with van der Waals surface area (Å²) in [5.41, 5.74) is 1.90. The molecule has 0 spiro atoms. The maximum absolute atomic E-state index is 6.54. The number of aromatic nitrogens is 1. The van der Waals surface area contributed by atoms with Gasteiger partial charge >= 0.3 is 6.35 Å². The average molecular weight is 428 g/mol. The van der Waals surface area contributed by atoms with Gasteiger partial charge in [0.15, 0.2) is 0 Å². The highest BCUT2D eigenvalue weighted by Crippen LogP contribution is 2.40. The Morgan fingerprint density at radius 1 is 1.07 bits per heavy atom. The van der Waals surface area contributed by atoms with Crippen molar-refractivity contribution in [2.24, 2.45) is 9.98 Å². The van der Waals surface area contributed by atoms with Crippen molar-refractivity contribution in [2.45, 2.75) is 57.8 Å². The quantitative estimate of drug-likeness (QED) is 0.466. The molecule has 2 aromatic rings. The largest absolute Gasteiger partial charge is 0.495 e. The molecular formula is C23H28ClN4O2+. The molecule has 7 heteroatoms. The molecule has 1 aliphatic carbocycles. The van der Waals surface area contributed by atoms with Gasteiger partial charge in [-0.05, 0) is 31.9 Å². The van der Waals surface area contributed by atoms with E-state index in [1.807, 2.05) is 49.7 Å². The van der Waals surface area contributed by atoms with Gasteiger partial charge in [-0.2, -0.15) is 14.5 Å². The first kappa shape index (κ1) is 20.8. The van der Waals surface area contributed by atoms with Crippen molar-refractivity contribution in [1.29, 1.82) is 0 Å². The van der Waals surface area contributed by atoms with Gasteiger partial charge in [0.25, 0.3) is 0 Å². The molecule has 1 aromatic heterocycles. The molecule has 6 nitrogen and oxygen atoms in total. The van der Waals surface area contributed by atoms with Gasteiger partial charge in [-0.15, -0.1) is 0 Å². The first-order valence-corrected chi connectivity index (χ1v) is 10.9. The Morgan fingerprint density at radius 3 is 2.57 bits per heavy atom. The van der Waals surface area contributed by atoms with Crippen LogP contribution in [0.4, 0.5) is 5.69 Å². The number of benzene rings is 1. The number of hydrogen-bond donors (Lipinski definition) is 0. The molecule has 0 amide bonds. The topological polar surface area (TPSA) is 56.1 Å². The lowest BCUT2D eigenvalue weighted by atomic mass is 10.0. The zero-order chi connectivity index (χ0) is 21.0. The van der Waals surface area contributed by atoms with Crippen LogP contribution in [-0.2, 0) is 0 Å². The molecule has 2 heterocycles. The fraction of sp³-hybridized carbons (Fsp3) is 0.435. The van der Waals surface area contributed by atoms with Crippen molar-refractivity contribution in [1.82, 2.24) is 9.47 Å². The maximum Gasteiger partial charge on any atom is 0.349 e. The van der Waals surface area contributed by atoms with Gasteiger partial charge in [-0.1, -0.05) is 30.5 Å². The Hall–Kier alpha value is -2.44. The lowest BCUT2D eigenvalue weighted by molar-refractivity contribution is 0.0541. The zero-order valence-corrected chi connectivity index (χ0v) is 18.3. The molecule has 2 atom stereocenters. The Balaban J connectivity index is 1.80. The monoisotopic (exact) mass is 427 g/mol. The number of halogens is 1. The lowest BCUT2D eigenvalue weighted by Gasteiger charge is -2.43. The minimum absolute atomic E-state index is 0.285. The first-order valence-electron chi connectivity index (χ1n) is 10.5.